The molecule has 2 N–H and O–H groups in total. The van der Waals surface area contributed by atoms with E-state index >= 15 is 0 Å². The van der Waals surface area contributed by atoms with Gasteiger partial charge in [0.25, 0.3) is 0 Å². The molecule has 0 bridgehead atoms. The first kappa shape index (κ1) is 8.91. The molecule has 16 heavy (non-hydrogen) atoms. The van der Waals surface area contributed by atoms with Crippen LogP contribution in [0.15, 0.2) is 48.9 Å². The minimum atomic E-state index is 0.604. The number of aromatic amines is 1. The fourth-order valence-electron chi connectivity index (χ4n) is 1.66. The molecule has 0 saturated carbocycles. The van der Waals surface area contributed by atoms with Gasteiger partial charge >= 0.3 is 0 Å². The van der Waals surface area contributed by atoms with Gasteiger partial charge in [0.1, 0.15) is 0 Å². The Hall–Kier alpha value is -2.36. The summed E-state index contributed by atoms with van der Waals surface area (Å²) in [6, 6.07) is 9.89. The van der Waals surface area contributed by atoms with Crippen molar-refractivity contribution in [1.29, 1.82) is 0 Å². The van der Waals surface area contributed by atoms with Crippen LogP contribution in [-0.4, -0.2) is 15.0 Å². The van der Waals surface area contributed by atoms with Crippen molar-refractivity contribution in [2.75, 3.05) is 5.32 Å². The third-order valence-electron chi connectivity index (χ3n) is 2.40. The van der Waals surface area contributed by atoms with Gasteiger partial charge in [-0.25, -0.2) is 9.97 Å². The van der Waals surface area contributed by atoms with Crippen LogP contribution in [0.1, 0.15) is 0 Å². The number of para-hydroxylation sites is 1. The monoisotopic (exact) mass is 210 g/mol. The molecule has 0 aliphatic rings. The summed E-state index contributed by atoms with van der Waals surface area (Å²) >= 11 is 0. The molecule has 0 saturated heterocycles. The van der Waals surface area contributed by atoms with Crippen molar-refractivity contribution in [3.8, 4) is 0 Å². The first-order valence-corrected chi connectivity index (χ1v) is 5.03. The number of hydrogen-bond acceptors (Lipinski definition) is 3. The second kappa shape index (κ2) is 3.66. The van der Waals surface area contributed by atoms with E-state index < -0.39 is 0 Å². The highest BCUT2D eigenvalue weighted by molar-refractivity contribution is 5.93. The van der Waals surface area contributed by atoms with Crippen LogP contribution in [0.5, 0.6) is 0 Å². The molecule has 3 aromatic rings. The minimum absolute atomic E-state index is 0.604. The summed E-state index contributed by atoms with van der Waals surface area (Å²) in [7, 11) is 0. The average molecular weight is 210 g/mol. The van der Waals surface area contributed by atoms with Gasteiger partial charge in [-0.2, -0.15) is 0 Å². The molecule has 0 radical (unpaired) electrons. The number of benzene rings is 1. The maximum atomic E-state index is 4.12. The quantitative estimate of drug-likeness (QED) is 0.683. The Morgan fingerprint density at radius 2 is 1.81 bits per heavy atom. The molecule has 0 unspecified atom stereocenters. The lowest BCUT2D eigenvalue weighted by Gasteiger charge is -2.01. The Morgan fingerprint density at radius 1 is 1.00 bits per heavy atom. The van der Waals surface area contributed by atoms with Crippen LogP contribution in [-0.2, 0) is 0 Å². The summed E-state index contributed by atoms with van der Waals surface area (Å²) in [6.07, 6.45) is 5.34. The maximum absolute atomic E-state index is 4.12. The van der Waals surface area contributed by atoms with Crippen molar-refractivity contribution < 1.29 is 0 Å². The number of aromatic nitrogens is 3. The fourth-order valence-corrected chi connectivity index (χ4v) is 1.66. The SMILES string of the molecule is c1cnc(Nc2c[nH]c3ccccc23)nc1. The lowest BCUT2D eigenvalue weighted by Crippen LogP contribution is -1.94. The molecule has 4 nitrogen and oxygen atoms in total. The van der Waals surface area contributed by atoms with E-state index in [1.54, 1.807) is 18.5 Å². The van der Waals surface area contributed by atoms with Gasteiger partial charge in [0.2, 0.25) is 5.95 Å². The molecule has 0 aliphatic heterocycles. The van der Waals surface area contributed by atoms with E-state index in [2.05, 4.69) is 26.3 Å². The van der Waals surface area contributed by atoms with Crippen molar-refractivity contribution in [1.82, 2.24) is 15.0 Å². The van der Waals surface area contributed by atoms with E-state index in [0.29, 0.717) is 5.95 Å². The molecule has 3 rings (SSSR count). The highest BCUT2D eigenvalue weighted by Crippen LogP contribution is 2.24. The van der Waals surface area contributed by atoms with Gasteiger partial charge in [-0.1, -0.05) is 18.2 Å². The Labute approximate surface area is 92.4 Å². The minimum Gasteiger partial charge on any atom is -0.359 e. The molecular weight excluding hydrogens is 200 g/mol. The van der Waals surface area contributed by atoms with Gasteiger partial charge in [0.05, 0.1) is 5.69 Å². The predicted octanol–water partition coefficient (Wildman–Crippen LogP) is 2.70. The first-order chi connectivity index (χ1) is 7.93. The predicted molar refractivity (Wildman–Crippen MR) is 63.6 cm³/mol. The Balaban J connectivity index is 2.01. The number of nitrogens with one attached hydrogen (secondary N) is 2. The van der Waals surface area contributed by atoms with Crippen LogP contribution < -0.4 is 5.32 Å². The van der Waals surface area contributed by atoms with Crippen LogP contribution in [0.2, 0.25) is 0 Å². The summed E-state index contributed by atoms with van der Waals surface area (Å²) in [6.45, 7) is 0. The number of anilines is 2. The van der Waals surface area contributed by atoms with Crippen LogP contribution in [0, 0.1) is 0 Å². The normalized spacial score (nSPS) is 10.5. The van der Waals surface area contributed by atoms with Crippen LogP contribution in [0.3, 0.4) is 0 Å². The number of hydrogen-bond donors (Lipinski definition) is 2. The van der Waals surface area contributed by atoms with Gasteiger partial charge in [-0.15, -0.1) is 0 Å². The topological polar surface area (TPSA) is 53.6 Å². The molecule has 2 heterocycles. The highest BCUT2D eigenvalue weighted by Gasteiger charge is 2.03. The lowest BCUT2D eigenvalue weighted by atomic mass is 10.2. The van der Waals surface area contributed by atoms with Gasteiger partial charge < -0.3 is 10.3 Å². The molecule has 0 aliphatic carbocycles. The van der Waals surface area contributed by atoms with Crippen molar-refractivity contribution >= 4 is 22.5 Å². The highest BCUT2D eigenvalue weighted by atomic mass is 15.1. The zero-order valence-electron chi connectivity index (χ0n) is 8.51. The van der Waals surface area contributed by atoms with Crippen molar-refractivity contribution in [2.45, 2.75) is 0 Å². The van der Waals surface area contributed by atoms with E-state index in [1.165, 1.54) is 0 Å². The second-order valence-corrected chi connectivity index (χ2v) is 3.45. The van der Waals surface area contributed by atoms with Crippen molar-refractivity contribution in [3.05, 3.63) is 48.9 Å². The zero-order valence-corrected chi connectivity index (χ0v) is 8.51. The van der Waals surface area contributed by atoms with Crippen LogP contribution in [0.25, 0.3) is 10.9 Å². The summed E-state index contributed by atoms with van der Waals surface area (Å²) in [5.41, 5.74) is 2.09. The largest absolute Gasteiger partial charge is 0.359 e. The third-order valence-corrected chi connectivity index (χ3v) is 2.40. The molecule has 1 aromatic carbocycles. The summed E-state index contributed by atoms with van der Waals surface area (Å²) in [5.74, 6) is 0.604. The smallest absolute Gasteiger partial charge is 0.227 e. The zero-order chi connectivity index (χ0) is 10.8. The van der Waals surface area contributed by atoms with Gasteiger partial charge in [0.15, 0.2) is 0 Å². The van der Waals surface area contributed by atoms with E-state index in [1.807, 2.05) is 24.4 Å². The molecule has 78 valence electrons. The second-order valence-electron chi connectivity index (χ2n) is 3.45. The number of nitrogens with zero attached hydrogens (tertiary/aromatic N) is 2. The Kier molecular flexibility index (Phi) is 2.04. The summed E-state index contributed by atoms with van der Waals surface area (Å²) in [4.78, 5) is 11.4. The molecule has 0 fully saturated rings. The Morgan fingerprint density at radius 3 is 2.69 bits per heavy atom. The summed E-state index contributed by atoms with van der Waals surface area (Å²) in [5, 5.41) is 4.31. The van der Waals surface area contributed by atoms with E-state index in [-0.39, 0.29) is 0 Å². The van der Waals surface area contributed by atoms with Gasteiger partial charge in [0, 0.05) is 29.5 Å². The number of fused-ring (bicyclic) bond motifs is 1. The van der Waals surface area contributed by atoms with E-state index in [4.69, 9.17) is 0 Å². The Bertz CT molecular complexity index is 600. The van der Waals surface area contributed by atoms with Crippen molar-refractivity contribution in [2.24, 2.45) is 0 Å². The van der Waals surface area contributed by atoms with Crippen molar-refractivity contribution in [3.63, 3.8) is 0 Å². The van der Waals surface area contributed by atoms with Crippen LogP contribution >= 0.6 is 0 Å². The molecule has 0 amide bonds. The standard InChI is InChI=1S/C12H10N4/c1-2-5-10-9(4-1)11(8-15-10)16-12-13-6-3-7-14-12/h1-8,15H,(H,13,14,16). The van der Waals surface area contributed by atoms with E-state index in [0.717, 1.165) is 16.6 Å². The fraction of sp³-hybridized carbons (Fsp3) is 0. The van der Waals surface area contributed by atoms with E-state index in [9.17, 15) is 0 Å². The first-order valence-electron chi connectivity index (χ1n) is 5.03. The average Bonchev–Trinajstić information content (AvgIpc) is 2.74. The van der Waals surface area contributed by atoms with Crippen LogP contribution in [0.4, 0.5) is 11.6 Å². The number of H-pyrrole nitrogens is 1. The molecular formula is C12H10N4. The maximum Gasteiger partial charge on any atom is 0.227 e. The van der Waals surface area contributed by atoms with Gasteiger partial charge in [-0.05, 0) is 12.1 Å². The lowest BCUT2D eigenvalue weighted by molar-refractivity contribution is 1.17. The number of rotatable bonds is 2. The molecule has 0 atom stereocenters. The molecule has 2 aromatic heterocycles. The van der Waals surface area contributed by atoms with Gasteiger partial charge in [-0.3, -0.25) is 0 Å². The molecule has 0 spiro atoms. The third kappa shape index (κ3) is 1.50. The molecule has 4 heteroatoms. The summed E-state index contributed by atoms with van der Waals surface area (Å²) < 4.78 is 0.